The van der Waals surface area contributed by atoms with E-state index in [9.17, 15) is 9.59 Å². The van der Waals surface area contributed by atoms with E-state index in [1.165, 1.54) is 11.1 Å². The molecule has 0 aromatic heterocycles. The van der Waals surface area contributed by atoms with Gasteiger partial charge in [-0.25, -0.2) is 0 Å². The Hall–Kier alpha value is -1.64. The first-order chi connectivity index (χ1) is 12.5. The van der Waals surface area contributed by atoms with Crippen LogP contribution in [0.15, 0.2) is 34.9 Å². The van der Waals surface area contributed by atoms with E-state index >= 15 is 0 Å². The maximum atomic E-state index is 12.1. The lowest BCUT2D eigenvalue weighted by Crippen LogP contribution is -2.27. The first-order valence-electron chi connectivity index (χ1n) is 10.3. The molecule has 0 bridgehead atoms. The standard InChI is InChI=1S/C24H41NO2/c1-19(11-8-12-20(2)14-10-16-22(4)26)13-9-15-21(3)23(27)25-18-17-24(5,6)7/h11,14-15H,8-10,12-13,16-18H2,1-7H3,(H,25,27). The summed E-state index contributed by atoms with van der Waals surface area (Å²) >= 11 is 0. The molecule has 0 aromatic rings. The van der Waals surface area contributed by atoms with Gasteiger partial charge in [0.25, 0.3) is 0 Å². The van der Waals surface area contributed by atoms with E-state index in [2.05, 4.69) is 52.1 Å². The van der Waals surface area contributed by atoms with Gasteiger partial charge >= 0.3 is 0 Å². The minimum absolute atomic E-state index is 0.0483. The number of carbonyl (C=O) groups excluding carboxylic acids is 2. The Balaban J connectivity index is 4.12. The van der Waals surface area contributed by atoms with E-state index in [1.807, 2.05) is 13.0 Å². The molecular formula is C24H41NO2. The predicted molar refractivity (Wildman–Crippen MR) is 117 cm³/mol. The molecule has 0 rings (SSSR count). The predicted octanol–water partition coefficient (Wildman–Crippen LogP) is 6.31. The summed E-state index contributed by atoms with van der Waals surface area (Å²) in [6.45, 7) is 15.1. The molecule has 0 heterocycles. The van der Waals surface area contributed by atoms with Crippen LogP contribution in [0.5, 0.6) is 0 Å². The van der Waals surface area contributed by atoms with Crippen molar-refractivity contribution < 1.29 is 9.59 Å². The average Bonchev–Trinajstić information content (AvgIpc) is 2.53. The molecule has 0 atom stereocenters. The second-order valence-corrected chi connectivity index (χ2v) is 8.87. The lowest BCUT2D eigenvalue weighted by molar-refractivity contribution is -0.118. The van der Waals surface area contributed by atoms with E-state index < -0.39 is 0 Å². The van der Waals surface area contributed by atoms with Gasteiger partial charge in [-0.1, -0.05) is 50.1 Å². The van der Waals surface area contributed by atoms with Gasteiger partial charge in [0, 0.05) is 18.5 Å². The number of allylic oxidation sites excluding steroid dienone is 5. The third-order valence-electron chi connectivity index (χ3n) is 4.53. The summed E-state index contributed by atoms with van der Waals surface area (Å²) in [5.41, 5.74) is 3.76. The monoisotopic (exact) mass is 375 g/mol. The molecule has 0 saturated heterocycles. The smallest absolute Gasteiger partial charge is 0.246 e. The maximum absolute atomic E-state index is 12.1. The molecule has 1 amide bonds. The molecule has 154 valence electrons. The third-order valence-corrected chi connectivity index (χ3v) is 4.53. The van der Waals surface area contributed by atoms with Crippen LogP contribution in [-0.4, -0.2) is 18.2 Å². The largest absolute Gasteiger partial charge is 0.352 e. The highest BCUT2D eigenvalue weighted by molar-refractivity contribution is 5.92. The van der Waals surface area contributed by atoms with E-state index in [0.29, 0.717) is 6.42 Å². The van der Waals surface area contributed by atoms with Crippen molar-refractivity contribution in [2.75, 3.05) is 6.54 Å². The molecule has 0 spiro atoms. The molecule has 0 aliphatic carbocycles. The zero-order valence-corrected chi connectivity index (χ0v) is 18.7. The van der Waals surface area contributed by atoms with Crippen molar-refractivity contribution in [3.63, 3.8) is 0 Å². The highest BCUT2D eigenvalue weighted by Gasteiger charge is 2.10. The van der Waals surface area contributed by atoms with Crippen LogP contribution in [0.3, 0.4) is 0 Å². The molecule has 0 aliphatic rings. The minimum atomic E-state index is 0.0483. The average molecular weight is 376 g/mol. The number of rotatable bonds is 12. The summed E-state index contributed by atoms with van der Waals surface area (Å²) in [4.78, 5) is 23.0. The normalized spacial score (nSPS) is 13.7. The Morgan fingerprint density at radius 1 is 0.778 bits per heavy atom. The van der Waals surface area contributed by atoms with Crippen molar-refractivity contribution in [3.05, 3.63) is 34.9 Å². The molecule has 0 aliphatic heterocycles. The van der Waals surface area contributed by atoms with Crippen molar-refractivity contribution in [1.82, 2.24) is 5.32 Å². The van der Waals surface area contributed by atoms with Gasteiger partial charge in [0.2, 0.25) is 5.91 Å². The first-order valence-corrected chi connectivity index (χ1v) is 10.3. The molecule has 27 heavy (non-hydrogen) atoms. The van der Waals surface area contributed by atoms with Crippen LogP contribution in [-0.2, 0) is 9.59 Å². The lowest BCUT2D eigenvalue weighted by Gasteiger charge is -2.18. The second kappa shape index (κ2) is 13.5. The van der Waals surface area contributed by atoms with Gasteiger partial charge in [-0.2, -0.15) is 0 Å². The zero-order valence-electron chi connectivity index (χ0n) is 18.7. The maximum Gasteiger partial charge on any atom is 0.246 e. The van der Waals surface area contributed by atoms with Gasteiger partial charge in [0.15, 0.2) is 0 Å². The van der Waals surface area contributed by atoms with Gasteiger partial charge in [-0.3, -0.25) is 4.79 Å². The number of Topliss-reactive ketones (excluding diaryl/α,β-unsaturated/α-hetero) is 1. The fraction of sp³-hybridized carbons (Fsp3) is 0.667. The number of hydrogen-bond acceptors (Lipinski definition) is 2. The van der Waals surface area contributed by atoms with Crippen molar-refractivity contribution >= 4 is 11.7 Å². The topological polar surface area (TPSA) is 46.2 Å². The molecule has 3 heteroatoms. The van der Waals surface area contributed by atoms with Gasteiger partial charge in [0.05, 0.1) is 0 Å². The van der Waals surface area contributed by atoms with Crippen LogP contribution < -0.4 is 5.32 Å². The number of hydrogen-bond donors (Lipinski definition) is 1. The van der Waals surface area contributed by atoms with Crippen LogP contribution in [0.4, 0.5) is 0 Å². The summed E-state index contributed by atoms with van der Waals surface area (Å²) in [6.07, 6.45) is 12.9. The molecule has 0 saturated carbocycles. The second-order valence-electron chi connectivity index (χ2n) is 8.87. The lowest BCUT2D eigenvalue weighted by atomic mass is 9.92. The summed E-state index contributed by atoms with van der Waals surface area (Å²) in [6, 6.07) is 0. The van der Waals surface area contributed by atoms with E-state index in [1.54, 1.807) is 6.92 Å². The van der Waals surface area contributed by atoms with Gasteiger partial charge < -0.3 is 10.1 Å². The molecular weight excluding hydrogens is 334 g/mol. The summed E-state index contributed by atoms with van der Waals surface area (Å²) in [5.74, 6) is 0.299. The molecule has 0 unspecified atom stereocenters. The Labute approximate surface area is 167 Å². The Bertz CT molecular complexity index is 559. The number of carbonyl (C=O) groups is 2. The molecule has 0 radical (unpaired) electrons. The van der Waals surface area contributed by atoms with E-state index in [-0.39, 0.29) is 17.1 Å². The van der Waals surface area contributed by atoms with Crippen LogP contribution >= 0.6 is 0 Å². The highest BCUT2D eigenvalue weighted by Crippen LogP contribution is 2.17. The van der Waals surface area contributed by atoms with Crippen molar-refractivity contribution in [3.8, 4) is 0 Å². The zero-order chi connectivity index (χ0) is 20.9. The SMILES string of the molecule is CC(=O)CCC=C(C)CCC=C(C)CCC=C(C)C(=O)NCCC(C)(C)C. The van der Waals surface area contributed by atoms with Crippen LogP contribution in [0, 0.1) is 5.41 Å². The van der Waals surface area contributed by atoms with Crippen LogP contribution in [0.2, 0.25) is 0 Å². The Morgan fingerprint density at radius 3 is 1.74 bits per heavy atom. The Kier molecular flexibility index (Phi) is 12.7. The first kappa shape index (κ1) is 25.4. The highest BCUT2D eigenvalue weighted by atomic mass is 16.1. The molecule has 0 fully saturated rings. The molecule has 3 nitrogen and oxygen atoms in total. The van der Waals surface area contributed by atoms with E-state index in [4.69, 9.17) is 0 Å². The molecule has 0 aromatic carbocycles. The van der Waals surface area contributed by atoms with Gasteiger partial charge in [0.1, 0.15) is 5.78 Å². The quantitative estimate of drug-likeness (QED) is 0.321. The number of nitrogens with one attached hydrogen (secondary N) is 1. The van der Waals surface area contributed by atoms with Crippen LogP contribution in [0.25, 0.3) is 0 Å². The van der Waals surface area contributed by atoms with Crippen molar-refractivity contribution in [2.45, 2.75) is 93.4 Å². The summed E-state index contributed by atoms with van der Waals surface area (Å²) < 4.78 is 0. The number of amides is 1. The number of ketones is 1. The van der Waals surface area contributed by atoms with Crippen LogP contribution in [0.1, 0.15) is 93.4 Å². The fourth-order valence-electron chi connectivity index (χ4n) is 2.57. The fourth-order valence-corrected chi connectivity index (χ4v) is 2.57. The van der Waals surface area contributed by atoms with Gasteiger partial charge in [-0.15, -0.1) is 0 Å². The summed E-state index contributed by atoms with van der Waals surface area (Å²) in [7, 11) is 0. The molecule has 1 N–H and O–H groups in total. The van der Waals surface area contributed by atoms with Crippen molar-refractivity contribution in [2.24, 2.45) is 5.41 Å². The van der Waals surface area contributed by atoms with Gasteiger partial charge in [-0.05, 0) is 71.6 Å². The van der Waals surface area contributed by atoms with E-state index in [0.717, 1.165) is 50.6 Å². The third kappa shape index (κ3) is 16.3. The Morgan fingerprint density at radius 2 is 1.26 bits per heavy atom. The minimum Gasteiger partial charge on any atom is -0.352 e. The van der Waals surface area contributed by atoms with Crippen molar-refractivity contribution in [1.29, 1.82) is 0 Å². The summed E-state index contributed by atoms with van der Waals surface area (Å²) in [5, 5.41) is 3.00.